The molecule has 8 heteroatoms. The first-order valence-electron chi connectivity index (χ1n) is 15.5. The van der Waals surface area contributed by atoms with Gasteiger partial charge in [-0.3, -0.25) is 9.36 Å². The van der Waals surface area contributed by atoms with E-state index in [4.69, 9.17) is 10.7 Å². The quantitative estimate of drug-likeness (QED) is 0.316. The van der Waals surface area contributed by atoms with Crippen molar-refractivity contribution in [3.8, 4) is 0 Å². The van der Waals surface area contributed by atoms with Gasteiger partial charge in [0.2, 0.25) is 0 Å². The van der Waals surface area contributed by atoms with Crippen molar-refractivity contribution in [2.45, 2.75) is 85.5 Å². The van der Waals surface area contributed by atoms with Crippen molar-refractivity contribution in [3.05, 3.63) is 70.0 Å². The Hall–Kier alpha value is -3.26. The average Bonchev–Trinajstić information content (AvgIpc) is 2.92. The zero-order valence-electron chi connectivity index (χ0n) is 25.8. The van der Waals surface area contributed by atoms with E-state index in [0.717, 1.165) is 18.0 Å². The summed E-state index contributed by atoms with van der Waals surface area (Å²) in [5, 5.41) is 4.31. The van der Waals surface area contributed by atoms with Gasteiger partial charge in [0.1, 0.15) is 5.82 Å². The molecule has 1 saturated heterocycles. The van der Waals surface area contributed by atoms with Gasteiger partial charge in [-0.1, -0.05) is 32.9 Å². The summed E-state index contributed by atoms with van der Waals surface area (Å²) in [5.74, 6) is 3.08. The second kappa shape index (κ2) is 10.8. The smallest absolute Gasteiger partial charge is 0.261 e. The number of fused-ring (bicyclic) bond motifs is 3. The first-order chi connectivity index (χ1) is 19.9. The molecule has 2 aromatic carbocycles. The maximum Gasteiger partial charge on any atom is 0.261 e. The zero-order chi connectivity index (χ0) is 29.9. The number of halogens is 1. The normalized spacial score (nSPS) is 30.8. The number of benzene rings is 2. The van der Waals surface area contributed by atoms with Crippen LogP contribution in [0.25, 0.3) is 10.9 Å². The van der Waals surface area contributed by atoms with Gasteiger partial charge in [0.15, 0.2) is 5.96 Å². The number of aliphatic imine (C=N–C) groups is 1. The van der Waals surface area contributed by atoms with Gasteiger partial charge in [-0.2, -0.15) is 0 Å². The Labute approximate surface area is 248 Å². The second-order valence-electron chi connectivity index (χ2n) is 13.9. The van der Waals surface area contributed by atoms with Crippen LogP contribution < -0.4 is 16.6 Å². The van der Waals surface area contributed by atoms with Gasteiger partial charge in [0.25, 0.3) is 5.56 Å². The summed E-state index contributed by atoms with van der Waals surface area (Å²) < 4.78 is 15.8. The number of piperazine rings is 1. The largest absolute Gasteiger partial charge is 0.369 e. The van der Waals surface area contributed by atoms with Crippen molar-refractivity contribution in [1.82, 2.24) is 19.8 Å². The van der Waals surface area contributed by atoms with E-state index in [2.05, 4.69) is 49.8 Å². The van der Waals surface area contributed by atoms with Crippen molar-refractivity contribution < 1.29 is 4.39 Å². The number of guanidine groups is 1. The highest BCUT2D eigenvalue weighted by atomic mass is 19.1. The van der Waals surface area contributed by atoms with Crippen molar-refractivity contribution in [3.63, 3.8) is 0 Å². The Bertz CT molecular complexity index is 1580. The van der Waals surface area contributed by atoms with Crippen LogP contribution in [0.5, 0.6) is 0 Å². The van der Waals surface area contributed by atoms with Gasteiger partial charge in [-0.05, 0) is 105 Å². The van der Waals surface area contributed by atoms with Crippen LogP contribution in [0.4, 0.5) is 10.1 Å². The maximum atomic E-state index is 14.3. The molecule has 3 aliphatic carbocycles. The maximum absolute atomic E-state index is 14.3. The summed E-state index contributed by atoms with van der Waals surface area (Å²) in [6.07, 6.45) is 4.51. The zero-order valence-corrected chi connectivity index (χ0v) is 25.8. The molecule has 3 saturated carbocycles. The Kier molecular flexibility index (Phi) is 7.40. The van der Waals surface area contributed by atoms with Gasteiger partial charge < -0.3 is 16.0 Å². The molecule has 3 aromatic rings. The van der Waals surface area contributed by atoms with Gasteiger partial charge in [-0.25, -0.2) is 14.4 Å². The summed E-state index contributed by atoms with van der Waals surface area (Å²) in [6.45, 7) is 14.9. The second-order valence-corrected chi connectivity index (χ2v) is 13.9. The molecule has 7 nitrogen and oxygen atoms in total. The molecule has 3 N–H and O–H groups in total. The third kappa shape index (κ3) is 5.01. The standard InChI is InChI=1S/C34H45FN6O/c1-19-7-8-23(29(35)13-19)11-12-40-18-37-30-15-24(9-10-25(30)32(40)42)39-33(36)41-17-21(3)38-22(4)31(41)26-14-20(2)27-16-28(26)34(27,5)6/h7-10,13,15,18,20-22,26-28,31,38H,11-12,14,16-17H2,1-6H3,(H2,36,39)/t20-,21-,22+,26?,27+,28-,31?/m1/s1. The van der Waals surface area contributed by atoms with E-state index in [1.165, 1.54) is 18.9 Å². The third-order valence-electron chi connectivity index (χ3n) is 10.8. The number of hydrogen-bond donors (Lipinski definition) is 2. The minimum absolute atomic E-state index is 0.145. The molecular formula is C34H45FN6O. The molecule has 7 atom stereocenters. The number of aromatic nitrogens is 2. The van der Waals surface area contributed by atoms with Crippen LogP contribution in [0.3, 0.4) is 0 Å². The molecule has 224 valence electrons. The lowest BCUT2D eigenvalue weighted by Gasteiger charge is -2.66. The first kappa shape index (κ1) is 28.8. The molecule has 0 radical (unpaired) electrons. The number of nitrogens with zero attached hydrogens (tertiary/aromatic N) is 4. The van der Waals surface area contributed by atoms with Crippen LogP contribution >= 0.6 is 0 Å². The summed E-state index contributed by atoms with van der Waals surface area (Å²) in [5.41, 5.74) is 9.76. The number of nitrogens with one attached hydrogen (secondary N) is 1. The van der Waals surface area contributed by atoms with Crippen LogP contribution in [0.1, 0.15) is 58.6 Å². The van der Waals surface area contributed by atoms with Crippen LogP contribution in [-0.2, 0) is 13.0 Å². The molecule has 1 aromatic heterocycles. The molecule has 1 aliphatic heterocycles. The van der Waals surface area contributed by atoms with Gasteiger partial charge in [0.05, 0.1) is 29.0 Å². The van der Waals surface area contributed by atoms with E-state index >= 15 is 0 Å². The lowest BCUT2D eigenvalue weighted by Crippen LogP contribution is -2.69. The summed E-state index contributed by atoms with van der Waals surface area (Å²) in [7, 11) is 0. The topological polar surface area (TPSA) is 88.5 Å². The fourth-order valence-electron chi connectivity index (χ4n) is 8.63. The van der Waals surface area contributed by atoms with E-state index in [1.54, 1.807) is 23.0 Å². The molecule has 2 heterocycles. The Morgan fingerprint density at radius 2 is 1.93 bits per heavy atom. The van der Waals surface area contributed by atoms with Crippen LogP contribution in [0.15, 0.2) is 52.5 Å². The summed E-state index contributed by atoms with van der Waals surface area (Å²) in [4.78, 5) is 25.0. The monoisotopic (exact) mass is 572 g/mol. The van der Waals surface area contributed by atoms with Crippen LogP contribution in [-0.4, -0.2) is 45.1 Å². The van der Waals surface area contributed by atoms with Gasteiger partial charge >= 0.3 is 0 Å². The lowest BCUT2D eigenvalue weighted by atomic mass is 9.41. The Balaban J connectivity index is 1.24. The van der Waals surface area contributed by atoms with Crippen molar-refractivity contribution in [2.75, 3.05) is 6.54 Å². The van der Waals surface area contributed by atoms with E-state index in [1.807, 2.05) is 25.1 Å². The number of hydrogen-bond acceptors (Lipinski definition) is 4. The number of nitrogens with two attached hydrogens (primary N) is 1. The number of rotatable bonds is 5. The van der Waals surface area contributed by atoms with Crippen LogP contribution in [0, 0.1) is 41.8 Å². The highest BCUT2D eigenvalue weighted by molar-refractivity contribution is 5.85. The third-order valence-corrected chi connectivity index (χ3v) is 10.8. The first-order valence-corrected chi connectivity index (χ1v) is 15.5. The van der Waals surface area contributed by atoms with Gasteiger partial charge in [0, 0.05) is 25.2 Å². The number of aryl methyl sites for hydroxylation is 3. The lowest BCUT2D eigenvalue weighted by molar-refractivity contribution is -0.157. The predicted octanol–water partition coefficient (Wildman–Crippen LogP) is 5.40. The van der Waals surface area contributed by atoms with E-state index in [0.29, 0.717) is 76.3 Å². The fourth-order valence-corrected chi connectivity index (χ4v) is 8.63. The fraction of sp³-hybridized carbons (Fsp3) is 0.559. The van der Waals surface area contributed by atoms with Crippen molar-refractivity contribution in [2.24, 2.45) is 39.8 Å². The SMILES string of the molecule is Cc1ccc(CCn2cnc3cc(N=C(N)N4C[C@@H](C)N[C@@H](C)C4C4C[C@@H](C)[C@@H]5C[C@H]4C5(C)C)ccc3c2=O)c(F)c1. The highest BCUT2D eigenvalue weighted by Gasteiger charge is 2.60. The van der Waals surface area contributed by atoms with E-state index in [9.17, 15) is 9.18 Å². The Morgan fingerprint density at radius 1 is 1.14 bits per heavy atom. The Morgan fingerprint density at radius 3 is 2.64 bits per heavy atom. The van der Waals surface area contributed by atoms with Crippen molar-refractivity contribution in [1.29, 1.82) is 0 Å². The average molecular weight is 573 g/mol. The predicted molar refractivity (Wildman–Crippen MR) is 167 cm³/mol. The molecule has 0 amide bonds. The molecular weight excluding hydrogens is 527 g/mol. The molecule has 7 rings (SSSR count). The summed E-state index contributed by atoms with van der Waals surface area (Å²) in [6, 6.07) is 11.5. The van der Waals surface area contributed by atoms with Crippen LogP contribution in [0.2, 0.25) is 0 Å². The minimum atomic E-state index is -0.244. The molecule has 2 unspecified atom stereocenters. The van der Waals surface area contributed by atoms with E-state index < -0.39 is 0 Å². The molecule has 0 spiro atoms. The highest BCUT2D eigenvalue weighted by Crippen LogP contribution is 2.64. The van der Waals surface area contributed by atoms with Crippen molar-refractivity contribution >= 4 is 22.5 Å². The molecule has 42 heavy (non-hydrogen) atoms. The minimum Gasteiger partial charge on any atom is -0.369 e. The molecule has 2 bridgehead atoms. The summed E-state index contributed by atoms with van der Waals surface area (Å²) >= 11 is 0. The van der Waals surface area contributed by atoms with E-state index in [-0.39, 0.29) is 17.4 Å². The molecule has 4 fully saturated rings. The molecule has 4 aliphatic rings. The van der Waals surface area contributed by atoms with Gasteiger partial charge in [-0.15, -0.1) is 0 Å².